The van der Waals surface area contributed by atoms with Crippen LogP contribution >= 0.6 is 0 Å². The third kappa shape index (κ3) is 3.32. The molecule has 0 spiro atoms. The van der Waals surface area contributed by atoms with Crippen molar-refractivity contribution in [1.29, 1.82) is 0 Å². The predicted molar refractivity (Wildman–Crippen MR) is 96.0 cm³/mol. The number of rotatable bonds is 5. The van der Waals surface area contributed by atoms with Crippen LogP contribution in [0.15, 0.2) is 51.8 Å². The lowest BCUT2D eigenvalue weighted by atomic mass is 9.99. The van der Waals surface area contributed by atoms with Gasteiger partial charge in [-0.15, -0.1) is 10.0 Å². The summed E-state index contributed by atoms with van der Waals surface area (Å²) in [7, 11) is 0. The smallest absolute Gasteiger partial charge is 0.269 e. The van der Waals surface area contributed by atoms with Crippen LogP contribution in [0.5, 0.6) is 0 Å². The first kappa shape index (κ1) is 17.3. The quantitative estimate of drug-likeness (QED) is 0.330. The van der Waals surface area contributed by atoms with Gasteiger partial charge in [0.05, 0.1) is 10.6 Å². The van der Waals surface area contributed by atoms with Crippen molar-refractivity contribution in [2.24, 2.45) is 15.4 Å². The Kier molecular flexibility index (Phi) is 4.78. The topological polar surface area (TPSA) is 118 Å². The van der Waals surface area contributed by atoms with E-state index in [9.17, 15) is 19.8 Å². The van der Waals surface area contributed by atoms with Gasteiger partial charge in [-0.2, -0.15) is 5.11 Å². The Morgan fingerprint density at radius 1 is 1.15 bits per heavy atom. The molecule has 0 aliphatic carbocycles. The minimum Gasteiger partial charge on any atom is -0.371 e. The van der Waals surface area contributed by atoms with Gasteiger partial charge in [0.15, 0.2) is 5.78 Å². The number of anilines is 1. The van der Waals surface area contributed by atoms with Crippen LogP contribution in [0, 0.1) is 15.0 Å². The molecule has 2 aromatic rings. The van der Waals surface area contributed by atoms with Crippen LogP contribution in [0.2, 0.25) is 0 Å². The molecule has 1 heterocycles. The standard InChI is InChI=1S/C17H15N5O4/c1-2-21-8-7-17(23)13-9-14(15(20-24)10-16(13)21)19-18-11-3-5-12(6-4-11)22(25)26/h3-6,9-10H,2,7-8H2,1H3/b19-18+. The van der Waals surface area contributed by atoms with Gasteiger partial charge in [-0.1, -0.05) is 0 Å². The molecule has 9 heteroatoms. The summed E-state index contributed by atoms with van der Waals surface area (Å²) < 4.78 is 0. The van der Waals surface area contributed by atoms with E-state index in [0.717, 1.165) is 0 Å². The van der Waals surface area contributed by atoms with Gasteiger partial charge in [-0.25, -0.2) is 0 Å². The normalized spacial score (nSPS) is 13.7. The fourth-order valence-corrected chi connectivity index (χ4v) is 2.78. The summed E-state index contributed by atoms with van der Waals surface area (Å²) in [4.78, 5) is 35.5. The highest BCUT2D eigenvalue weighted by Crippen LogP contribution is 2.39. The molecule has 1 aliphatic heterocycles. The molecule has 0 saturated heterocycles. The van der Waals surface area contributed by atoms with Gasteiger partial charge >= 0.3 is 0 Å². The molecule has 0 bridgehead atoms. The summed E-state index contributed by atoms with van der Waals surface area (Å²) in [5.74, 6) is -0.0195. The third-order valence-electron chi connectivity index (χ3n) is 4.16. The van der Waals surface area contributed by atoms with Crippen LogP contribution in [0.25, 0.3) is 0 Å². The first-order valence-corrected chi connectivity index (χ1v) is 7.99. The average molecular weight is 353 g/mol. The highest BCUT2D eigenvalue weighted by Gasteiger charge is 2.24. The second kappa shape index (κ2) is 7.18. The van der Waals surface area contributed by atoms with E-state index in [1.807, 2.05) is 11.8 Å². The van der Waals surface area contributed by atoms with E-state index in [0.29, 0.717) is 36.4 Å². The van der Waals surface area contributed by atoms with Crippen molar-refractivity contribution in [2.45, 2.75) is 13.3 Å². The summed E-state index contributed by atoms with van der Waals surface area (Å²) in [5.41, 5.74) is 1.76. The van der Waals surface area contributed by atoms with Crippen molar-refractivity contribution >= 4 is 34.2 Å². The zero-order valence-electron chi connectivity index (χ0n) is 14.0. The maximum absolute atomic E-state index is 12.2. The summed E-state index contributed by atoms with van der Waals surface area (Å²) in [5, 5.41) is 21.6. The Morgan fingerprint density at radius 2 is 1.88 bits per heavy atom. The fraction of sp³-hybridized carbons (Fsp3) is 0.235. The molecule has 0 radical (unpaired) electrons. The maximum Gasteiger partial charge on any atom is 0.269 e. The fourth-order valence-electron chi connectivity index (χ4n) is 2.78. The van der Waals surface area contributed by atoms with E-state index in [1.165, 1.54) is 30.3 Å². The lowest BCUT2D eigenvalue weighted by Crippen LogP contribution is -2.31. The zero-order valence-corrected chi connectivity index (χ0v) is 14.0. The number of nitro benzene ring substituents is 1. The molecule has 0 atom stereocenters. The maximum atomic E-state index is 12.2. The average Bonchev–Trinajstić information content (AvgIpc) is 2.66. The first-order chi connectivity index (χ1) is 12.5. The van der Waals surface area contributed by atoms with E-state index >= 15 is 0 Å². The van der Waals surface area contributed by atoms with Crippen LogP contribution in [-0.4, -0.2) is 23.8 Å². The Labute approximate surface area is 148 Å². The van der Waals surface area contributed by atoms with Gasteiger partial charge in [-0.05, 0) is 36.4 Å². The van der Waals surface area contributed by atoms with Crippen molar-refractivity contribution in [3.8, 4) is 0 Å². The SMILES string of the molecule is CCN1CCC(=O)c2cc(/N=N/c3ccc([N+](=O)[O-])cc3)c(N=O)cc21. The van der Waals surface area contributed by atoms with Gasteiger partial charge in [0, 0.05) is 42.9 Å². The molecule has 0 unspecified atom stereocenters. The number of hydrogen-bond donors (Lipinski definition) is 0. The number of nitroso groups, excluding NO2 is 1. The highest BCUT2D eigenvalue weighted by molar-refractivity contribution is 6.05. The minimum atomic E-state index is -0.510. The number of non-ortho nitro benzene ring substituents is 1. The van der Waals surface area contributed by atoms with Gasteiger partial charge < -0.3 is 4.90 Å². The second-order valence-corrected chi connectivity index (χ2v) is 5.68. The molecule has 26 heavy (non-hydrogen) atoms. The first-order valence-electron chi connectivity index (χ1n) is 7.99. The monoisotopic (exact) mass is 353 g/mol. The van der Waals surface area contributed by atoms with Gasteiger partial charge in [0.25, 0.3) is 5.69 Å². The Hall–Kier alpha value is -3.49. The van der Waals surface area contributed by atoms with Crippen molar-refractivity contribution in [3.05, 3.63) is 57.0 Å². The van der Waals surface area contributed by atoms with Crippen molar-refractivity contribution in [1.82, 2.24) is 0 Å². The van der Waals surface area contributed by atoms with Crippen LogP contribution in [0.4, 0.5) is 28.4 Å². The number of azo groups is 1. The molecular formula is C17H15N5O4. The molecule has 0 fully saturated rings. The number of Topliss-reactive ketones (excluding diaryl/α,β-unsaturated/α-hetero) is 1. The molecule has 2 aromatic carbocycles. The van der Waals surface area contributed by atoms with Crippen molar-refractivity contribution in [2.75, 3.05) is 18.0 Å². The summed E-state index contributed by atoms with van der Waals surface area (Å²) in [6, 6.07) is 8.57. The van der Waals surface area contributed by atoms with Crippen LogP contribution in [-0.2, 0) is 0 Å². The Morgan fingerprint density at radius 3 is 2.50 bits per heavy atom. The molecule has 0 aromatic heterocycles. The number of benzene rings is 2. The van der Waals surface area contributed by atoms with E-state index in [4.69, 9.17) is 0 Å². The molecular weight excluding hydrogens is 338 g/mol. The highest BCUT2D eigenvalue weighted by atomic mass is 16.6. The van der Waals surface area contributed by atoms with E-state index in [-0.39, 0.29) is 22.8 Å². The molecule has 0 amide bonds. The third-order valence-corrected chi connectivity index (χ3v) is 4.16. The number of carbonyl (C=O) groups is 1. The van der Waals surface area contributed by atoms with Crippen molar-refractivity contribution < 1.29 is 9.72 Å². The predicted octanol–water partition coefficient (Wildman–Crippen LogP) is 4.82. The van der Waals surface area contributed by atoms with Crippen LogP contribution in [0.3, 0.4) is 0 Å². The molecule has 3 rings (SSSR count). The number of fused-ring (bicyclic) bond motifs is 1. The van der Waals surface area contributed by atoms with Crippen LogP contribution < -0.4 is 4.90 Å². The lowest BCUT2D eigenvalue weighted by Gasteiger charge is -2.29. The lowest BCUT2D eigenvalue weighted by molar-refractivity contribution is -0.384. The molecule has 1 aliphatic rings. The van der Waals surface area contributed by atoms with Gasteiger partial charge in [0.1, 0.15) is 11.4 Å². The number of hydrogen-bond acceptors (Lipinski definition) is 8. The number of carbonyl (C=O) groups excluding carboxylic acids is 1. The van der Waals surface area contributed by atoms with E-state index < -0.39 is 4.92 Å². The van der Waals surface area contributed by atoms with Gasteiger partial charge in [-0.3, -0.25) is 14.9 Å². The molecule has 0 saturated carbocycles. The van der Waals surface area contributed by atoms with Crippen molar-refractivity contribution in [3.63, 3.8) is 0 Å². The van der Waals surface area contributed by atoms with Crippen LogP contribution in [0.1, 0.15) is 23.7 Å². The van der Waals surface area contributed by atoms with Gasteiger partial charge in [0.2, 0.25) is 0 Å². The largest absolute Gasteiger partial charge is 0.371 e. The van der Waals surface area contributed by atoms with E-state index in [1.54, 1.807) is 6.07 Å². The Balaban J connectivity index is 1.97. The second-order valence-electron chi connectivity index (χ2n) is 5.68. The summed E-state index contributed by atoms with van der Waals surface area (Å²) in [6.45, 7) is 3.28. The van der Waals surface area contributed by atoms with E-state index in [2.05, 4.69) is 15.4 Å². The molecule has 9 nitrogen and oxygen atoms in total. The zero-order chi connectivity index (χ0) is 18.7. The molecule has 0 N–H and O–H groups in total. The number of ketones is 1. The summed E-state index contributed by atoms with van der Waals surface area (Å²) in [6.07, 6.45) is 0.396. The number of nitro groups is 1. The summed E-state index contributed by atoms with van der Waals surface area (Å²) >= 11 is 0. The number of nitrogens with zero attached hydrogens (tertiary/aromatic N) is 5. The Bertz CT molecular complexity index is 908. The minimum absolute atomic E-state index is 0.0195. The molecule has 132 valence electrons.